The van der Waals surface area contributed by atoms with Crippen LogP contribution in [-0.2, 0) is 11.4 Å². The van der Waals surface area contributed by atoms with Crippen LogP contribution >= 0.6 is 0 Å². The molecule has 0 atom stereocenters. The summed E-state index contributed by atoms with van der Waals surface area (Å²) >= 11 is 0. The van der Waals surface area contributed by atoms with Gasteiger partial charge in [0.2, 0.25) is 0 Å². The third-order valence-electron chi connectivity index (χ3n) is 1.28. The van der Waals surface area contributed by atoms with Crippen molar-refractivity contribution in [2.45, 2.75) is 6.61 Å². The molecule has 0 aliphatic rings. The van der Waals surface area contributed by atoms with E-state index < -0.39 is 5.91 Å². The van der Waals surface area contributed by atoms with Crippen molar-refractivity contribution in [3.05, 3.63) is 29.6 Å². The minimum atomic E-state index is -0.698. The molecule has 0 saturated heterocycles. The summed E-state index contributed by atoms with van der Waals surface area (Å²) in [5.74, 6) is 3.93. The Bertz CT molecular complexity index is 377. The summed E-state index contributed by atoms with van der Waals surface area (Å²) in [6.45, 7) is -0.147. The minimum absolute atomic E-state index is 0.147. The highest BCUT2D eigenvalue weighted by molar-refractivity contribution is 5.92. The van der Waals surface area contributed by atoms with Gasteiger partial charge in [0.25, 0.3) is 5.91 Å². The summed E-state index contributed by atoms with van der Waals surface area (Å²) in [7, 11) is 0. The molecular formula is C9H8N2O2. The van der Waals surface area contributed by atoms with E-state index in [1.807, 2.05) is 0 Å². The van der Waals surface area contributed by atoms with Crippen molar-refractivity contribution in [1.29, 1.82) is 0 Å². The smallest absolute Gasteiger partial charge is 0.293 e. The zero-order valence-corrected chi connectivity index (χ0v) is 6.82. The summed E-state index contributed by atoms with van der Waals surface area (Å²) in [6, 6.07) is 4.99. The molecule has 1 rings (SSSR count). The lowest BCUT2D eigenvalue weighted by Crippen LogP contribution is -2.06. The Kier molecular flexibility index (Phi) is 3.01. The highest BCUT2D eigenvalue weighted by Crippen LogP contribution is 1.97. The molecule has 4 heteroatoms. The number of amides is 1. The second-order valence-electron chi connectivity index (χ2n) is 2.29. The number of carbonyl (C=O) groups excluding carboxylic acids is 1. The zero-order valence-electron chi connectivity index (χ0n) is 6.82. The van der Waals surface area contributed by atoms with Crippen LogP contribution in [0.15, 0.2) is 18.2 Å². The van der Waals surface area contributed by atoms with Gasteiger partial charge >= 0.3 is 0 Å². The highest BCUT2D eigenvalue weighted by Gasteiger charge is 1.92. The van der Waals surface area contributed by atoms with Gasteiger partial charge < -0.3 is 10.8 Å². The van der Waals surface area contributed by atoms with Crippen LogP contribution in [0.3, 0.4) is 0 Å². The Hall–Kier alpha value is -1.86. The molecule has 1 amide bonds. The zero-order chi connectivity index (χ0) is 9.68. The SMILES string of the molecule is NC(=O)C#Cc1cccc(CO)n1. The number of aliphatic hydroxyl groups excluding tert-OH is 1. The fraction of sp³-hybridized carbons (Fsp3) is 0.111. The van der Waals surface area contributed by atoms with Crippen molar-refractivity contribution in [3.8, 4) is 11.8 Å². The Morgan fingerprint density at radius 3 is 3.00 bits per heavy atom. The monoisotopic (exact) mass is 176 g/mol. The van der Waals surface area contributed by atoms with Crippen LogP contribution in [-0.4, -0.2) is 16.0 Å². The number of aromatic nitrogens is 1. The van der Waals surface area contributed by atoms with Crippen molar-refractivity contribution in [3.63, 3.8) is 0 Å². The predicted molar refractivity (Wildman–Crippen MR) is 46.2 cm³/mol. The number of primary amides is 1. The molecule has 0 aromatic carbocycles. The fourth-order valence-electron chi connectivity index (χ4n) is 0.763. The summed E-state index contributed by atoms with van der Waals surface area (Å²) in [4.78, 5) is 14.2. The largest absolute Gasteiger partial charge is 0.390 e. The van der Waals surface area contributed by atoms with Crippen molar-refractivity contribution < 1.29 is 9.90 Å². The maximum absolute atomic E-state index is 10.3. The first-order valence-electron chi connectivity index (χ1n) is 3.60. The Balaban J connectivity index is 2.91. The number of rotatable bonds is 1. The van der Waals surface area contributed by atoms with E-state index in [1.165, 1.54) is 0 Å². The van der Waals surface area contributed by atoms with E-state index in [1.54, 1.807) is 18.2 Å². The van der Waals surface area contributed by atoms with Gasteiger partial charge in [-0.05, 0) is 18.1 Å². The summed E-state index contributed by atoms with van der Waals surface area (Å²) in [5.41, 5.74) is 5.75. The average molecular weight is 176 g/mol. The molecule has 0 spiro atoms. The molecule has 1 aromatic rings. The molecule has 1 heterocycles. The first kappa shape index (κ1) is 9.23. The minimum Gasteiger partial charge on any atom is -0.390 e. The van der Waals surface area contributed by atoms with Crippen molar-refractivity contribution >= 4 is 5.91 Å². The molecule has 0 unspecified atom stereocenters. The molecule has 13 heavy (non-hydrogen) atoms. The molecule has 0 radical (unpaired) electrons. The molecule has 3 N–H and O–H groups in total. The molecular weight excluding hydrogens is 168 g/mol. The predicted octanol–water partition coefficient (Wildman–Crippen LogP) is -0.589. The van der Waals surface area contributed by atoms with Crippen LogP contribution in [0.4, 0.5) is 0 Å². The normalized spacial score (nSPS) is 8.69. The first-order chi connectivity index (χ1) is 6.22. The molecule has 0 fully saturated rings. The van der Waals surface area contributed by atoms with E-state index in [2.05, 4.69) is 16.8 Å². The van der Waals surface area contributed by atoms with Crippen LogP contribution in [0.1, 0.15) is 11.4 Å². The average Bonchev–Trinajstić information content (AvgIpc) is 2.15. The number of carbonyl (C=O) groups is 1. The van der Waals surface area contributed by atoms with Gasteiger partial charge in [-0.2, -0.15) is 0 Å². The number of nitrogens with two attached hydrogens (primary N) is 1. The van der Waals surface area contributed by atoms with Gasteiger partial charge in [0.1, 0.15) is 5.69 Å². The van der Waals surface area contributed by atoms with E-state index in [-0.39, 0.29) is 6.61 Å². The highest BCUT2D eigenvalue weighted by atomic mass is 16.3. The van der Waals surface area contributed by atoms with Gasteiger partial charge in [-0.15, -0.1) is 0 Å². The van der Waals surface area contributed by atoms with Gasteiger partial charge in [0.05, 0.1) is 12.3 Å². The quantitative estimate of drug-likeness (QED) is 0.561. The Morgan fingerprint density at radius 1 is 1.62 bits per heavy atom. The van der Waals surface area contributed by atoms with Gasteiger partial charge in [0.15, 0.2) is 0 Å². The number of aliphatic hydroxyl groups is 1. The van der Waals surface area contributed by atoms with E-state index in [4.69, 9.17) is 10.8 Å². The Labute approximate surface area is 75.4 Å². The van der Waals surface area contributed by atoms with Crippen molar-refractivity contribution in [2.24, 2.45) is 5.73 Å². The second kappa shape index (κ2) is 4.24. The van der Waals surface area contributed by atoms with Crippen LogP contribution in [0, 0.1) is 11.8 Å². The van der Waals surface area contributed by atoms with Gasteiger partial charge in [-0.1, -0.05) is 6.07 Å². The van der Waals surface area contributed by atoms with E-state index in [9.17, 15) is 4.79 Å². The first-order valence-corrected chi connectivity index (χ1v) is 3.60. The third kappa shape index (κ3) is 2.93. The van der Waals surface area contributed by atoms with Gasteiger partial charge in [0, 0.05) is 5.92 Å². The fourth-order valence-corrected chi connectivity index (χ4v) is 0.763. The maximum Gasteiger partial charge on any atom is 0.293 e. The van der Waals surface area contributed by atoms with E-state index >= 15 is 0 Å². The number of hydrogen-bond acceptors (Lipinski definition) is 3. The van der Waals surface area contributed by atoms with Crippen LogP contribution < -0.4 is 5.73 Å². The Morgan fingerprint density at radius 2 is 2.38 bits per heavy atom. The number of pyridine rings is 1. The van der Waals surface area contributed by atoms with Crippen molar-refractivity contribution in [2.75, 3.05) is 0 Å². The van der Waals surface area contributed by atoms with E-state index in [0.29, 0.717) is 11.4 Å². The van der Waals surface area contributed by atoms with Gasteiger partial charge in [-0.25, -0.2) is 4.98 Å². The molecule has 0 bridgehead atoms. The molecule has 66 valence electrons. The standard InChI is InChI=1S/C9H8N2O2/c10-9(13)5-4-7-2-1-3-8(6-12)11-7/h1-3,12H,6H2,(H2,10,13). The van der Waals surface area contributed by atoms with Gasteiger partial charge in [-0.3, -0.25) is 4.79 Å². The molecule has 4 nitrogen and oxygen atoms in total. The topological polar surface area (TPSA) is 76.2 Å². The summed E-state index contributed by atoms with van der Waals surface area (Å²) < 4.78 is 0. The maximum atomic E-state index is 10.3. The second-order valence-corrected chi connectivity index (χ2v) is 2.29. The number of nitrogens with zero attached hydrogens (tertiary/aromatic N) is 1. The van der Waals surface area contributed by atoms with Crippen LogP contribution in [0.25, 0.3) is 0 Å². The lowest BCUT2D eigenvalue weighted by molar-refractivity contribution is -0.112. The van der Waals surface area contributed by atoms with Crippen LogP contribution in [0.5, 0.6) is 0 Å². The number of hydrogen-bond donors (Lipinski definition) is 2. The summed E-state index contributed by atoms with van der Waals surface area (Å²) in [5, 5.41) is 8.74. The molecule has 0 aliphatic carbocycles. The molecule has 1 aromatic heterocycles. The van der Waals surface area contributed by atoms with E-state index in [0.717, 1.165) is 0 Å². The molecule has 0 aliphatic heterocycles. The molecule has 0 saturated carbocycles. The lowest BCUT2D eigenvalue weighted by atomic mass is 10.3. The van der Waals surface area contributed by atoms with Crippen molar-refractivity contribution in [1.82, 2.24) is 4.98 Å². The lowest BCUT2D eigenvalue weighted by Gasteiger charge is -1.93. The summed E-state index contributed by atoms with van der Waals surface area (Å²) in [6.07, 6.45) is 0. The van der Waals surface area contributed by atoms with Crippen LogP contribution in [0.2, 0.25) is 0 Å². The third-order valence-corrected chi connectivity index (χ3v) is 1.28.